The van der Waals surface area contributed by atoms with Crippen LogP contribution in [0.3, 0.4) is 0 Å². The van der Waals surface area contributed by atoms with Crippen LogP contribution < -0.4 is 0 Å². The van der Waals surface area contributed by atoms with Crippen LogP contribution in [0.15, 0.2) is 42.5 Å². The molecular formula is C18H22O2. The van der Waals surface area contributed by atoms with E-state index in [1.165, 1.54) is 0 Å². The van der Waals surface area contributed by atoms with Crippen molar-refractivity contribution in [2.24, 2.45) is 5.92 Å². The number of allylic oxidation sites excluding steroid dienone is 1. The zero-order valence-electron chi connectivity index (χ0n) is 12.5. The number of rotatable bonds is 5. The Morgan fingerprint density at radius 1 is 1.30 bits per heavy atom. The van der Waals surface area contributed by atoms with E-state index in [2.05, 4.69) is 32.3 Å². The average molecular weight is 270 g/mol. The summed E-state index contributed by atoms with van der Waals surface area (Å²) in [5.74, 6) is 6.06. The lowest BCUT2D eigenvalue weighted by atomic mass is 10.1. The molecular weight excluding hydrogens is 248 g/mol. The number of esters is 1. The van der Waals surface area contributed by atoms with Gasteiger partial charge in [-0.25, -0.2) is 0 Å². The zero-order valence-corrected chi connectivity index (χ0v) is 12.5. The third-order valence-electron chi connectivity index (χ3n) is 2.60. The van der Waals surface area contributed by atoms with Crippen molar-refractivity contribution in [1.82, 2.24) is 0 Å². The van der Waals surface area contributed by atoms with Crippen molar-refractivity contribution in [3.8, 4) is 11.8 Å². The molecule has 0 aromatic heterocycles. The Labute approximate surface area is 121 Å². The molecule has 0 saturated carbocycles. The van der Waals surface area contributed by atoms with Gasteiger partial charge in [0.2, 0.25) is 0 Å². The van der Waals surface area contributed by atoms with Crippen LogP contribution in [0.4, 0.5) is 0 Å². The fraction of sp³-hybridized carbons (Fsp3) is 0.389. The van der Waals surface area contributed by atoms with Gasteiger partial charge in [-0.05, 0) is 30.4 Å². The molecule has 1 atom stereocenters. The highest BCUT2D eigenvalue weighted by Crippen LogP contribution is 2.10. The third kappa shape index (κ3) is 6.80. The summed E-state index contributed by atoms with van der Waals surface area (Å²) in [4.78, 5) is 11.9. The van der Waals surface area contributed by atoms with Crippen molar-refractivity contribution in [2.45, 2.75) is 39.7 Å². The minimum absolute atomic E-state index is 0.238. The van der Waals surface area contributed by atoms with Gasteiger partial charge >= 0.3 is 5.97 Å². The first-order chi connectivity index (χ1) is 9.47. The SMILES string of the molecule is C=C(C)C#CC(CC(C)C)OC(=O)Cc1ccccc1. The fourth-order valence-corrected chi connectivity index (χ4v) is 1.73. The van der Waals surface area contributed by atoms with Crippen molar-refractivity contribution < 1.29 is 9.53 Å². The van der Waals surface area contributed by atoms with E-state index in [1.54, 1.807) is 0 Å². The van der Waals surface area contributed by atoms with Gasteiger partial charge in [0.15, 0.2) is 6.10 Å². The molecule has 0 heterocycles. The normalized spacial score (nSPS) is 11.4. The molecule has 1 unspecified atom stereocenters. The van der Waals surface area contributed by atoms with Crippen LogP contribution >= 0.6 is 0 Å². The van der Waals surface area contributed by atoms with E-state index in [4.69, 9.17) is 4.74 Å². The van der Waals surface area contributed by atoms with Crippen LogP contribution in [-0.2, 0) is 16.0 Å². The second-order valence-corrected chi connectivity index (χ2v) is 5.32. The molecule has 0 aliphatic heterocycles. The molecule has 0 aliphatic carbocycles. The number of carbonyl (C=O) groups excluding carboxylic acids is 1. The quantitative estimate of drug-likeness (QED) is 0.601. The molecule has 0 N–H and O–H groups in total. The van der Waals surface area contributed by atoms with Crippen LogP contribution in [0.25, 0.3) is 0 Å². The van der Waals surface area contributed by atoms with Gasteiger partial charge < -0.3 is 4.74 Å². The Bertz CT molecular complexity index is 503. The lowest BCUT2D eigenvalue weighted by molar-refractivity contribution is -0.146. The minimum Gasteiger partial charge on any atom is -0.449 e. The molecule has 0 spiro atoms. The number of benzene rings is 1. The first-order valence-electron chi connectivity index (χ1n) is 6.88. The number of hydrogen-bond donors (Lipinski definition) is 0. The van der Waals surface area contributed by atoms with E-state index in [9.17, 15) is 4.79 Å². The largest absolute Gasteiger partial charge is 0.449 e. The van der Waals surface area contributed by atoms with Crippen molar-refractivity contribution in [3.05, 3.63) is 48.0 Å². The van der Waals surface area contributed by atoms with Gasteiger partial charge in [-0.3, -0.25) is 4.79 Å². The monoisotopic (exact) mass is 270 g/mol. The summed E-state index contributed by atoms with van der Waals surface area (Å²) < 4.78 is 5.46. The van der Waals surface area contributed by atoms with Gasteiger partial charge in [-0.2, -0.15) is 0 Å². The van der Waals surface area contributed by atoms with Crippen LogP contribution in [0.1, 0.15) is 32.8 Å². The summed E-state index contributed by atoms with van der Waals surface area (Å²) >= 11 is 0. The first kappa shape index (κ1) is 16.0. The Morgan fingerprint density at radius 3 is 2.50 bits per heavy atom. The molecule has 0 amide bonds. The second kappa shape index (κ2) is 8.22. The summed E-state index contributed by atoms with van der Waals surface area (Å²) in [6, 6.07) is 9.58. The van der Waals surface area contributed by atoms with Gasteiger partial charge in [0.25, 0.3) is 0 Å². The van der Waals surface area contributed by atoms with Crippen LogP contribution in [0.2, 0.25) is 0 Å². The first-order valence-corrected chi connectivity index (χ1v) is 6.88. The highest BCUT2D eigenvalue weighted by Gasteiger charge is 2.14. The number of ether oxygens (including phenoxy) is 1. The molecule has 1 aromatic rings. The maximum atomic E-state index is 11.9. The summed E-state index contributed by atoms with van der Waals surface area (Å²) in [7, 11) is 0. The second-order valence-electron chi connectivity index (χ2n) is 5.32. The summed E-state index contributed by atoms with van der Waals surface area (Å²) in [6.45, 7) is 9.75. The van der Waals surface area contributed by atoms with Crippen LogP contribution in [0.5, 0.6) is 0 Å². The van der Waals surface area contributed by atoms with Crippen LogP contribution in [-0.4, -0.2) is 12.1 Å². The summed E-state index contributed by atoms with van der Waals surface area (Å²) in [5, 5.41) is 0. The predicted octanol–water partition coefficient (Wildman–Crippen LogP) is 3.77. The minimum atomic E-state index is -0.358. The van der Waals surface area contributed by atoms with E-state index >= 15 is 0 Å². The Morgan fingerprint density at radius 2 is 1.95 bits per heavy atom. The van der Waals surface area contributed by atoms with Crippen molar-refractivity contribution in [1.29, 1.82) is 0 Å². The molecule has 0 fully saturated rings. The molecule has 106 valence electrons. The van der Waals surface area contributed by atoms with Crippen molar-refractivity contribution >= 4 is 5.97 Å². The van der Waals surface area contributed by atoms with E-state index in [-0.39, 0.29) is 18.5 Å². The molecule has 1 rings (SSSR count). The van der Waals surface area contributed by atoms with E-state index in [0.717, 1.165) is 17.6 Å². The highest BCUT2D eigenvalue weighted by atomic mass is 16.5. The maximum absolute atomic E-state index is 11.9. The van der Waals surface area contributed by atoms with E-state index < -0.39 is 0 Å². The Hall–Kier alpha value is -2.01. The molecule has 0 saturated heterocycles. The molecule has 2 nitrogen and oxygen atoms in total. The number of carbonyl (C=O) groups is 1. The maximum Gasteiger partial charge on any atom is 0.311 e. The molecule has 20 heavy (non-hydrogen) atoms. The lowest BCUT2D eigenvalue weighted by Crippen LogP contribution is -2.20. The van der Waals surface area contributed by atoms with E-state index in [1.807, 2.05) is 37.3 Å². The smallest absolute Gasteiger partial charge is 0.311 e. The third-order valence-corrected chi connectivity index (χ3v) is 2.60. The molecule has 0 bridgehead atoms. The van der Waals surface area contributed by atoms with Crippen molar-refractivity contribution in [2.75, 3.05) is 0 Å². The van der Waals surface area contributed by atoms with Gasteiger partial charge in [0, 0.05) is 0 Å². The van der Waals surface area contributed by atoms with Crippen molar-refractivity contribution in [3.63, 3.8) is 0 Å². The topological polar surface area (TPSA) is 26.3 Å². The molecule has 1 aromatic carbocycles. The van der Waals surface area contributed by atoms with Crippen LogP contribution in [0, 0.1) is 17.8 Å². The highest BCUT2D eigenvalue weighted by molar-refractivity contribution is 5.73. The molecule has 0 aliphatic rings. The lowest BCUT2D eigenvalue weighted by Gasteiger charge is -2.14. The molecule has 0 radical (unpaired) electrons. The predicted molar refractivity (Wildman–Crippen MR) is 82.1 cm³/mol. The Balaban J connectivity index is 2.62. The summed E-state index contributed by atoms with van der Waals surface area (Å²) in [6.07, 6.45) is 0.660. The number of hydrogen-bond acceptors (Lipinski definition) is 2. The van der Waals surface area contributed by atoms with Gasteiger partial charge in [-0.15, -0.1) is 0 Å². The zero-order chi connectivity index (χ0) is 15.0. The standard InChI is InChI=1S/C18H22O2/c1-14(2)10-11-17(12-15(3)4)20-18(19)13-16-8-6-5-7-9-16/h5-9,15,17H,1,12-13H2,2-4H3. The van der Waals surface area contributed by atoms with Gasteiger partial charge in [0.1, 0.15) is 0 Å². The average Bonchev–Trinajstić information content (AvgIpc) is 2.36. The molecule has 2 heteroatoms. The van der Waals surface area contributed by atoms with Gasteiger partial charge in [-0.1, -0.05) is 62.6 Å². The van der Waals surface area contributed by atoms with E-state index in [0.29, 0.717) is 5.92 Å². The summed E-state index contributed by atoms with van der Waals surface area (Å²) in [5.41, 5.74) is 1.73. The van der Waals surface area contributed by atoms with Gasteiger partial charge in [0.05, 0.1) is 6.42 Å². The fourth-order valence-electron chi connectivity index (χ4n) is 1.73. The Kier molecular flexibility index (Phi) is 6.59.